The molecule has 0 fully saturated rings. The number of hydrogen-bond acceptors (Lipinski definition) is 7. The number of sulfonamides is 1. The van der Waals surface area contributed by atoms with Gasteiger partial charge in [-0.15, -0.1) is 0 Å². The first kappa shape index (κ1) is 19.6. The highest BCUT2D eigenvalue weighted by atomic mass is 32.2. The van der Waals surface area contributed by atoms with E-state index in [0.717, 1.165) is 29.0 Å². The summed E-state index contributed by atoms with van der Waals surface area (Å²) in [6, 6.07) is 16.7. The summed E-state index contributed by atoms with van der Waals surface area (Å²) in [7, 11) is -1.33. The molecule has 0 aliphatic heterocycles. The lowest BCUT2D eigenvalue weighted by molar-refractivity contribution is 0.587. The number of nitrogens with zero attached hydrogens (tertiary/aromatic N) is 3. The standard InChI is InChI=1S/C19H22N6O2S/c1-25(17-8-6-15(20)7-9-17)18-10-11-21-19(24-18)23-16-5-3-4-14(12-16)13-22-28(2,26)27/h3-12,22H,13,20H2,1-2H3,(H,21,23,24). The predicted octanol–water partition coefficient (Wildman–Crippen LogP) is 2.62. The molecule has 28 heavy (non-hydrogen) atoms. The van der Waals surface area contributed by atoms with Crippen molar-refractivity contribution in [3.63, 3.8) is 0 Å². The van der Waals surface area contributed by atoms with Crippen molar-refractivity contribution >= 4 is 38.9 Å². The molecule has 0 amide bonds. The monoisotopic (exact) mass is 398 g/mol. The minimum atomic E-state index is -3.25. The van der Waals surface area contributed by atoms with Crippen molar-refractivity contribution in [2.45, 2.75) is 6.54 Å². The fraction of sp³-hybridized carbons (Fsp3) is 0.158. The topological polar surface area (TPSA) is 113 Å². The Morgan fingerprint density at radius 1 is 1.11 bits per heavy atom. The van der Waals surface area contributed by atoms with Gasteiger partial charge in [-0.1, -0.05) is 12.1 Å². The smallest absolute Gasteiger partial charge is 0.229 e. The number of aromatic nitrogens is 2. The molecule has 0 unspecified atom stereocenters. The van der Waals surface area contributed by atoms with Gasteiger partial charge < -0.3 is 16.0 Å². The third-order valence-corrected chi connectivity index (χ3v) is 4.66. The summed E-state index contributed by atoms with van der Waals surface area (Å²) >= 11 is 0. The van der Waals surface area contributed by atoms with E-state index < -0.39 is 10.0 Å². The molecule has 1 aromatic heterocycles. The van der Waals surface area contributed by atoms with Gasteiger partial charge in [-0.05, 0) is 48.0 Å². The van der Waals surface area contributed by atoms with E-state index in [1.165, 1.54) is 0 Å². The molecule has 0 aliphatic rings. The number of rotatable bonds is 7. The van der Waals surface area contributed by atoms with Crippen LogP contribution in [-0.4, -0.2) is 31.7 Å². The molecule has 0 spiro atoms. The molecule has 8 nitrogen and oxygen atoms in total. The van der Waals surface area contributed by atoms with Crippen LogP contribution in [0.4, 0.5) is 28.8 Å². The Labute approximate surface area is 164 Å². The zero-order valence-corrected chi connectivity index (χ0v) is 16.4. The number of nitrogen functional groups attached to an aromatic ring is 1. The molecule has 4 N–H and O–H groups in total. The fourth-order valence-electron chi connectivity index (χ4n) is 2.53. The number of nitrogens with one attached hydrogen (secondary N) is 2. The first-order chi connectivity index (χ1) is 13.3. The van der Waals surface area contributed by atoms with E-state index in [4.69, 9.17) is 5.73 Å². The fourth-order valence-corrected chi connectivity index (χ4v) is 2.96. The maximum atomic E-state index is 11.3. The Morgan fingerprint density at radius 2 is 1.86 bits per heavy atom. The molecule has 0 radical (unpaired) electrons. The molecule has 0 saturated carbocycles. The van der Waals surface area contributed by atoms with E-state index in [0.29, 0.717) is 11.6 Å². The zero-order valence-electron chi connectivity index (χ0n) is 15.6. The van der Waals surface area contributed by atoms with Crippen LogP contribution >= 0.6 is 0 Å². The van der Waals surface area contributed by atoms with Crippen molar-refractivity contribution in [2.75, 3.05) is 29.3 Å². The van der Waals surface area contributed by atoms with Gasteiger partial charge in [-0.2, -0.15) is 4.98 Å². The van der Waals surface area contributed by atoms with Crippen LogP contribution in [-0.2, 0) is 16.6 Å². The summed E-state index contributed by atoms with van der Waals surface area (Å²) in [5.74, 6) is 1.16. The summed E-state index contributed by atoms with van der Waals surface area (Å²) in [6.45, 7) is 0.217. The van der Waals surface area contributed by atoms with Crippen LogP contribution in [0.2, 0.25) is 0 Å². The first-order valence-electron chi connectivity index (χ1n) is 8.53. The summed E-state index contributed by atoms with van der Waals surface area (Å²) in [6.07, 6.45) is 2.81. The van der Waals surface area contributed by atoms with Crippen molar-refractivity contribution in [3.8, 4) is 0 Å². The van der Waals surface area contributed by atoms with Crippen LogP contribution in [0, 0.1) is 0 Å². The molecule has 0 saturated heterocycles. The van der Waals surface area contributed by atoms with Crippen LogP contribution in [0.25, 0.3) is 0 Å². The largest absolute Gasteiger partial charge is 0.399 e. The summed E-state index contributed by atoms with van der Waals surface area (Å²) < 4.78 is 25.0. The van der Waals surface area contributed by atoms with Crippen LogP contribution in [0.1, 0.15) is 5.56 Å². The quantitative estimate of drug-likeness (QED) is 0.524. The Kier molecular flexibility index (Phi) is 5.76. The van der Waals surface area contributed by atoms with E-state index in [2.05, 4.69) is 20.0 Å². The van der Waals surface area contributed by atoms with Crippen molar-refractivity contribution in [1.82, 2.24) is 14.7 Å². The minimum Gasteiger partial charge on any atom is -0.399 e. The van der Waals surface area contributed by atoms with Crippen molar-refractivity contribution in [1.29, 1.82) is 0 Å². The highest BCUT2D eigenvalue weighted by Gasteiger charge is 2.08. The van der Waals surface area contributed by atoms with Crippen LogP contribution in [0.15, 0.2) is 60.8 Å². The summed E-state index contributed by atoms with van der Waals surface area (Å²) in [5, 5.41) is 3.15. The Hall–Kier alpha value is -3.17. The Balaban J connectivity index is 1.75. The lowest BCUT2D eigenvalue weighted by atomic mass is 10.2. The second-order valence-corrected chi connectivity index (χ2v) is 8.14. The zero-order chi connectivity index (χ0) is 20.1. The third kappa shape index (κ3) is 5.41. The van der Waals surface area contributed by atoms with Crippen LogP contribution in [0.5, 0.6) is 0 Å². The average molecular weight is 398 g/mol. The van der Waals surface area contributed by atoms with Gasteiger partial charge in [0.05, 0.1) is 6.26 Å². The molecule has 3 aromatic rings. The van der Waals surface area contributed by atoms with E-state index in [1.54, 1.807) is 6.20 Å². The lowest BCUT2D eigenvalue weighted by Gasteiger charge is -2.19. The molecular formula is C19H22N6O2S. The predicted molar refractivity (Wildman–Crippen MR) is 112 cm³/mol. The molecule has 2 aromatic carbocycles. The summed E-state index contributed by atoms with van der Waals surface area (Å²) in [5.41, 5.74) is 8.98. The normalized spacial score (nSPS) is 11.2. The minimum absolute atomic E-state index is 0.217. The molecule has 0 aliphatic carbocycles. The first-order valence-corrected chi connectivity index (χ1v) is 10.4. The maximum Gasteiger partial charge on any atom is 0.229 e. The SMILES string of the molecule is CN(c1ccc(N)cc1)c1ccnc(Nc2cccc(CNS(C)(=O)=O)c2)n1. The van der Waals surface area contributed by atoms with Gasteiger partial charge in [-0.25, -0.2) is 18.1 Å². The van der Waals surface area contributed by atoms with Gasteiger partial charge in [0.1, 0.15) is 5.82 Å². The Morgan fingerprint density at radius 3 is 2.57 bits per heavy atom. The van der Waals surface area contributed by atoms with Gasteiger partial charge in [-0.3, -0.25) is 0 Å². The molecule has 146 valence electrons. The van der Waals surface area contributed by atoms with E-state index in [1.807, 2.05) is 66.5 Å². The maximum absolute atomic E-state index is 11.3. The molecular weight excluding hydrogens is 376 g/mol. The van der Waals surface area contributed by atoms with Crippen LogP contribution < -0.4 is 20.7 Å². The van der Waals surface area contributed by atoms with E-state index >= 15 is 0 Å². The van der Waals surface area contributed by atoms with E-state index in [-0.39, 0.29) is 6.54 Å². The number of benzene rings is 2. The highest BCUT2D eigenvalue weighted by molar-refractivity contribution is 7.88. The average Bonchev–Trinajstić information content (AvgIpc) is 2.66. The third-order valence-electron chi connectivity index (χ3n) is 3.99. The molecule has 3 rings (SSSR count). The van der Waals surface area contributed by atoms with Crippen molar-refractivity contribution in [3.05, 3.63) is 66.4 Å². The molecule has 1 heterocycles. The second kappa shape index (κ2) is 8.24. The van der Waals surface area contributed by atoms with Crippen molar-refractivity contribution in [2.24, 2.45) is 0 Å². The highest BCUT2D eigenvalue weighted by Crippen LogP contribution is 2.24. The van der Waals surface area contributed by atoms with Gasteiger partial charge in [0.25, 0.3) is 0 Å². The Bertz CT molecular complexity index is 1050. The lowest BCUT2D eigenvalue weighted by Crippen LogP contribution is -2.21. The molecule has 0 bridgehead atoms. The van der Waals surface area contributed by atoms with Gasteiger partial charge in [0.2, 0.25) is 16.0 Å². The number of hydrogen-bond donors (Lipinski definition) is 3. The van der Waals surface area contributed by atoms with Crippen LogP contribution in [0.3, 0.4) is 0 Å². The van der Waals surface area contributed by atoms with Gasteiger partial charge in [0, 0.05) is 36.9 Å². The van der Waals surface area contributed by atoms with Crippen molar-refractivity contribution < 1.29 is 8.42 Å². The number of nitrogens with two attached hydrogens (primary N) is 1. The van der Waals surface area contributed by atoms with Gasteiger partial charge in [0.15, 0.2) is 0 Å². The van der Waals surface area contributed by atoms with E-state index in [9.17, 15) is 8.42 Å². The van der Waals surface area contributed by atoms with Gasteiger partial charge >= 0.3 is 0 Å². The molecule has 9 heteroatoms. The molecule has 0 atom stereocenters. The summed E-state index contributed by atoms with van der Waals surface area (Å²) in [4.78, 5) is 10.7. The number of anilines is 5. The second-order valence-electron chi connectivity index (χ2n) is 6.31.